The van der Waals surface area contributed by atoms with Crippen molar-refractivity contribution in [3.63, 3.8) is 0 Å². The molecule has 2 unspecified atom stereocenters. The number of halogens is 2. The predicted octanol–water partition coefficient (Wildman–Crippen LogP) is 2.43. The summed E-state index contributed by atoms with van der Waals surface area (Å²) in [5.74, 6) is 4.29. The van der Waals surface area contributed by atoms with Crippen LogP contribution in [0.4, 0.5) is 8.78 Å². The molecule has 0 spiro atoms. The number of rotatable bonds is 3. The summed E-state index contributed by atoms with van der Waals surface area (Å²) < 4.78 is 33.3. The highest BCUT2D eigenvalue weighted by Gasteiger charge is 2.39. The lowest BCUT2D eigenvalue weighted by Gasteiger charge is -2.40. The van der Waals surface area contributed by atoms with Crippen LogP contribution in [0.1, 0.15) is 37.8 Å². The van der Waals surface area contributed by atoms with Gasteiger partial charge < -0.3 is 4.74 Å². The van der Waals surface area contributed by atoms with Gasteiger partial charge in [-0.3, -0.25) is 5.84 Å². The quantitative estimate of drug-likeness (QED) is 0.645. The number of nitrogens with two attached hydrogens (primary N) is 1. The first-order chi connectivity index (χ1) is 8.58. The highest BCUT2D eigenvalue weighted by molar-refractivity contribution is 5.26. The Morgan fingerprint density at radius 2 is 2.00 bits per heavy atom. The maximum Gasteiger partial charge on any atom is 0.131 e. The Hall–Kier alpha value is -1.04. The molecule has 1 heterocycles. The molecule has 0 aromatic heterocycles. The maximum atomic E-state index is 13.8. The van der Waals surface area contributed by atoms with Gasteiger partial charge in [-0.05, 0) is 38.3 Å². The number of ether oxygens (including phenoxy) is 1. The van der Waals surface area contributed by atoms with E-state index in [0.29, 0.717) is 6.61 Å². The number of hydrogen-bond donors (Lipinski definition) is 2. The van der Waals surface area contributed by atoms with Crippen LogP contribution in [-0.4, -0.2) is 12.2 Å². The minimum absolute atomic E-state index is 0.0515. The monoisotopic (exact) mass is 256 g/mol. The highest BCUT2D eigenvalue weighted by Crippen LogP contribution is 2.37. The van der Waals surface area contributed by atoms with Gasteiger partial charge in [0, 0.05) is 12.2 Å². The Kier molecular flexibility index (Phi) is 3.94. The second-order valence-electron chi connectivity index (χ2n) is 4.85. The SMILES string of the molecule is CC1(C(NN)c2c(F)cccc2F)CCCCO1. The zero-order valence-electron chi connectivity index (χ0n) is 10.4. The van der Waals surface area contributed by atoms with Crippen LogP contribution in [0.25, 0.3) is 0 Å². The third-order valence-electron chi connectivity index (χ3n) is 3.57. The van der Waals surface area contributed by atoms with Gasteiger partial charge in [0.2, 0.25) is 0 Å². The minimum atomic E-state index is -0.695. The summed E-state index contributed by atoms with van der Waals surface area (Å²) in [4.78, 5) is 0. The molecule has 5 heteroatoms. The summed E-state index contributed by atoms with van der Waals surface area (Å²) in [6.07, 6.45) is 2.65. The van der Waals surface area contributed by atoms with Crippen molar-refractivity contribution in [1.82, 2.24) is 5.43 Å². The second kappa shape index (κ2) is 5.30. The Morgan fingerprint density at radius 1 is 1.33 bits per heavy atom. The van der Waals surface area contributed by atoms with E-state index in [0.717, 1.165) is 19.3 Å². The van der Waals surface area contributed by atoms with Gasteiger partial charge in [-0.25, -0.2) is 14.2 Å². The van der Waals surface area contributed by atoms with E-state index in [4.69, 9.17) is 10.6 Å². The molecule has 1 aromatic carbocycles. The molecule has 3 N–H and O–H groups in total. The van der Waals surface area contributed by atoms with Crippen LogP contribution in [0.3, 0.4) is 0 Å². The molecular formula is C13H18F2N2O. The lowest BCUT2D eigenvalue weighted by molar-refractivity contribution is -0.0911. The normalized spacial score (nSPS) is 26.0. The van der Waals surface area contributed by atoms with Crippen molar-refractivity contribution in [2.75, 3.05) is 6.61 Å². The number of hydrogen-bond acceptors (Lipinski definition) is 3. The summed E-state index contributed by atoms with van der Waals surface area (Å²) in [5, 5.41) is 0. The summed E-state index contributed by atoms with van der Waals surface area (Å²) in [6, 6.07) is 3.11. The van der Waals surface area contributed by atoms with Gasteiger partial charge in [-0.1, -0.05) is 6.07 Å². The summed E-state index contributed by atoms with van der Waals surface area (Å²) in [5.41, 5.74) is 1.77. The molecule has 1 aromatic rings. The zero-order chi connectivity index (χ0) is 13.2. The Balaban J connectivity index is 2.38. The number of hydrazine groups is 1. The van der Waals surface area contributed by atoms with Gasteiger partial charge in [-0.15, -0.1) is 0 Å². The predicted molar refractivity (Wildman–Crippen MR) is 64.6 cm³/mol. The number of nitrogens with one attached hydrogen (secondary N) is 1. The van der Waals surface area contributed by atoms with Gasteiger partial charge in [0.15, 0.2) is 0 Å². The van der Waals surface area contributed by atoms with E-state index in [-0.39, 0.29) is 5.56 Å². The van der Waals surface area contributed by atoms with Crippen molar-refractivity contribution in [2.24, 2.45) is 5.84 Å². The molecule has 3 nitrogen and oxygen atoms in total. The first-order valence-electron chi connectivity index (χ1n) is 6.12. The van der Waals surface area contributed by atoms with E-state index in [1.807, 2.05) is 6.92 Å². The van der Waals surface area contributed by atoms with E-state index < -0.39 is 23.3 Å². The molecule has 100 valence electrons. The van der Waals surface area contributed by atoms with Crippen molar-refractivity contribution >= 4 is 0 Å². The van der Waals surface area contributed by atoms with Crippen LogP contribution in [0.5, 0.6) is 0 Å². The average Bonchev–Trinajstić information content (AvgIpc) is 2.34. The van der Waals surface area contributed by atoms with E-state index in [9.17, 15) is 8.78 Å². The summed E-state index contributed by atoms with van der Waals surface area (Å²) >= 11 is 0. The fourth-order valence-electron chi connectivity index (χ4n) is 2.53. The standard InChI is InChI=1S/C13H18F2N2O/c1-13(7-2-3-8-18-13)12(17-16)11-9(14)5-4-6-10(11)15/h4-6,12,17H,2-3,7-8,16H2,1H3. The Bertz CT molecular complexity index is 399. The molecule has 0 aliphatic carbocycles. The molecule has 1 saturated heterocycles. The molecule has 1 aliphatic rings. The smallest absolute Gasteiger partial charge is 0.131 e. The van der Waals surface area contributed by atoms with Crippen LogP contribution in [0.2, 0.25) is 0 Å². The zero-order valence-corrected chi connectivity index (χ0v) is 10.4. The first-order valence-corrected chi connectivity index (χ1v) is 6.12. The lowest BCUT2D eigenvalue weighted by Crippen LogP contribution is -2.48. The third kappa shape index (κ3) is 2.39. The van der Waals surface area contributed by atoms with Crippen molar-refractivity contribution < 1.29 is 13.5 Å². The van der Waals surface area contributed by atoms with Gasteiger partial charge >= 0.3 is 0 Å². The molecule has 2 atom stereocenters. The van der Waals surface area contributed by atoms with Crippen LogP contribution in [-0.2, 0) is 4.74 Å². The van der Waals surface area contributed by atoms with Gasteiger partial charge in [0.05, 0.1) is 11.6 Å². The second-order valence-corrected chi connectivity index (χ2v) is 4.85. The molecule has 0 radical (unpaired) electrons. The molecule has 2 rings (SSSR count). The Morgan fingerprint density at radius 3 is 2.50 bits per heavy atom. The molecule has 1 aliphatic heterocycles. The van der Waals surface area contributed by atoms with Crippen molar-refractivity contribution in [3.05, 3.63) is 35.4 Å². The van der Waals surface area contributed by atoms with E-state index in [1.165, 1.54) is 18.2 Å². The van der Waals surface area contributed by atoms with Gasteiger partial charge in [0.1, 0.15) is 11.6 Å². The molecule has 0 saturated carbocycles. The van der Waals surface area contributed by atoms with Gasteiger partial charge in [0.25, 0.3) is 0 Å². The van der Waals surface area contributed by atoms with E-state index in [1.54, 1.807) is 0 Å². The van der Waals surface area contributed by atoms with Crippen LogP contribution >= 0.6 is 0 Å². The maximum absolute atomic E-state index is 13.8. The van der Waals surface area contributed by atoms with Crippen molar-refractivity contribution in [3.8, 4) is 0 Å². The Labute approximate surface area is 105 Å². The molecule has 18 heavy (non-hydrogen) atoms. The third-order valence-corrected chi connectivity index (χ3v) is 3.57. The molecular weight excluding hydrogens is 238 g/mol. The van der Waals surface area contributed by atoms with E-state index >= 15 is 0 Å². The fourth-order valence-corrected chi connectivity index (χ4v) is 2.53. The minimum Gasteiger partial charge on any atom is -0.373 e. The van der Waals surface area contributed by atoms with Crippen LogP contribution < -0.4 is 11.3 Å². The van der Waals surface area contributed by atoms with E-state index in [2.05, 4.69) is 5.43 Å². The average molecular weight is 256 g/mol. The van der Waals surface area contributed by atoms with Crippen molar-refractivity contribution in [1.29, 1.82) is 0 Å². The topological polar surface area (TPSA) is 47.3 Å². The number of benzene rings is 1. The summed E-state index contributed by atoms with van der Waals surface area (Å²) in [7, 11) is 0. The molecule has 1 fully saturated rings. The largest absolute Gasteiger partial charge is 0.373 e. The van der Waals surface area contributed by atoms with Crippen LogP contribution in [0.15, 0.2) is 18.2 Å². The molecule has 0 bridgehead atoms. The van der Waals surface area contributed by atoms with Gasteiger partial charge in [-0.2, -0.15) is 0 Å². The van der Waals surface area contributed by atoms with Crippen LogP contribution in [0, 0.1) is 11.6 Å². The van der Waals surface area contributed by atoms with Crippen molar-refractivity contribution in [2.45, 2.75) is 37.8 Å². The summed E-state index contributed by atoms with van der Waals surface area (Å²) in [6.45, 7) is 2.42. The highest BCUT2D eigenvalue weighted by atomic mass is 19.1. The molecule has 0 amide bonds. The first kappa shape index (κ1) is 13.4. The lowest BCUT2D eigenvalue weighted by atomic mass is 9.84. The fraction of sp³-hybridized carbons (Fsp3) is 0.538.